The second-order valence-electron chi connectivity index (χ2n) is 20.7. The lowest BCUT2D eigenvalue weighted by atomic mass is 9.47. The van der Waals surface area contributed by atoms with E-state index >= 15 is 0 Å². The molecule has 8 N–H and O–H groups in total. The standard InChI is InChI=1S/C45H72O16/c1-19-7-10-31(58-40(19)61-42-34(50)21(3)33(49)22(4)56-42)20(2)25-8-9-26-24-16-29(47)28-15-23(11-13-45(28,6)27(24)12-14-44(25,26)5)57-43-39(37(53)36(52)32(17-46)59-43)60-41-38(54)35(51)30(48)18-55-41/h16,19-23,25-28,30-43,46,48-54H,7-15,17-18H2,1-6H3. The van der Waals surface area contributed by atoms with Crippen LogP contribution in [0.3, 0.4) is 0 Å². The first-order valence-corrected chi connectivity index (χ1v) is 23.0. The number of aliphatic hydroxyl groups excluding tert-OH is 8. The van der Waals surface area contributed by atoms with Crippen molar-refractivity contribution >= 4 is 5.78 Å². The average Bonchev–Trinajstić information content (AvgIpc) is 3.59. The van der Waals surface area contributed by atoms with Gasteiger partial charge in [0, 0.05) is 17.8 Å². The van der Waals surface area contributed by atoms with Gasteiger partial charge in [0.05, 0.1) is 37.6 Å². The van der Waals surface area contributed by atoms with Crippen molar-refractivity contribution in [2.45, 2.75) is 198 Å². The third-order valence-corrected chi connectivity index (χ3v) is 17.2. The number of hydrogen-bond acceptors (Lipinski definition) is 16. The summed E-state index contributed by atoms with van der Waals surface area (Å²) in [5, 5.41) is 83.8. The van der Waals surface area contributed by atoms with E-state index in [1.165, 1.54) is 5.57 Å². The summed E-state index contributed by atoms with van der Waals surface area (Å²) in [5.74, 6) is 0.627. The second-order valence-corrected chi connectivity index (χ2v) is 20.7. The van der Waals surface area contributed by atoms with Crippen molar-refractivity contribution in [2.75, 3.05) is 13.2 Å². The first-order chi connectivity index (χ1) is 28.9. The van der Waals surface area contributed by atoms with Gasteiger partial charge in [0.1, 0.15) is 48.8 Å². The monoisotopic (exact) mass is 868 g/mol. The Bertz CT molecular complexity index is 1580. The molecule has 61 heavy (non-hydrogen) atoms. The molecule has 0 radical (unpaired) electrons. The molecule has 7 fully saturated rings. The van der Waals surface area contributed by atoms with Crippen LogP contribution < -0.4 is 0 Å². The summed E-state index contributed by atoms with van der Waals surface area (Å²) in [7, 11) is 0. The Hall–Kier alpha value is -1.19. The molecule has 3 saturated carbocycles. The number of allylic oxidation sites excluding steroid dienone is 2. The Kier molecular flexibility index (Phi) is 13.6. The van der Waals surface area contributed by atoms with Crippen LogP contribution in [0, 0.1) is 52.3 Å². The highest BCUT2D eigenvalue weighted by atomic mass is 16.8. The van der Waals surface area contributed by atoms with Crippen LogP contribution >= 0.6 is 0 Å². The maximum Gasteiger partial charge on any atom is 0.187 e. The molecular formula is C45H72O16. The molecule has 4 heterocycles. The van der Waals surface area contributed by atoms with Gasteiger partial charge in [-0.1, -0.05) is 40.2 Å². The van der Waals surface area contributed by atoms with Crippen molar-refractivity contribution in [1.29, 1.82) is 0 Å². The van der Waals surface area contributed by atoms with Gasteiger partial charge in [-0.15, -0.1) is 0 Å². The lowest BCUT2D eigenvalue weighted by Crippen LogP contribution is -2.63. The Morgan fingerprint density at radius 3 is 2.16 bits per heavy atom. The largest absolute Gasteiger partial charge is 0.394 e. The molecule has 0 aromatic carbocycles. The Morgan fingerprint density at radius 1 is 0.705 bits per heavy atom. The van der Waals surface area contributed by atoms with Gasteiger partial charge in [-0.05, 0) is 105 Å². The highest BCUT2D eigenvalue weighted by Crippen LogP contribution is 2.67. The van der Waals surface area contributed by atoms with Crippen molar-refractivity contribution in [3.05, 3.63) is 11.6 Å². The summed E-state index contributed by atoms with van der Waals surface area (Å²) >= 11 is 0. The molecule has 16 nitrogen and oxygen atoms in total. The zero-order chi connectivity index (χ0) is 43.9. The van der Waals surface area contributed by atoms with E-state index in [0.29, 0.717) is 25.2 Å². The van der Waals surface area contributed by atoms with Gasteiger partial charge in [-0.3, -0.25) is 4.79 Å². The summed E-state index contributed by atoms with van der Waals surface area (Å²) in [4.78, 5) is 14.3. The van der Waals surface area contributed by atoms with Crippen LogP contribution in [0.5, 0.6) is 0 Å². The number of carbonyl (C=O) groups is 1. The van der Waals surface area contributed by atoms with Crippen LogP contribution in [0.2, 0.25) is 0 Å². The fraction of sp³-hybridized carbons (Fsp3) is 0.933. The summed E-state index contributed by atoms with van der Waals surface area (Å²) in [6, 6.07) is 0. The minimum atomic E-state index is -1.66. The van der Waals surface area contributed by atoms with Gasteiger partial charge in [0.15, 0.2) is 30.9 Å². The van der Waals surface area contributed by atoms with Crippen LogP contribution in [-0.2, 0) is 38.0 Å². The third kappa shape index (κ3) is 8.24. The molecule has 8 rings (SSSR count). The zero-order valence-electron chi connectivity index (χ0n) is 36.5. The normalized spacial score (nSPS) is 54.6. The average molecular weight is 869 g/mol. The number of carbonyl (C=O) groups excluding carboxylic acids is 1. The molecule has 0 amide bonds. The number of ether oxygens (including phenoxy) is 7. The highest BCUT2D eigenvalue weighted by molar-refractivity contribution is 5.94. The fourth-order valence-corrected chi connectivity index (χ4v) is 13.2. The third-order valence-electron chi connectivity index (χ3n) is 17.2. The maximum atomic E-state index is 14.3. The first kappa shape index (κ1) is 46.3. The molecule has 0 bridgehead atoms. The van der Waals surface area contributed by atoms with Gasteiger partial charge in [-0.2, -0.15) is 0 Å². The fourth-order valence-electron chi connectivity index (χ4n) is 13.2. The van der Waals surface area contributed by atoms with Gasteiger partial charge in [-0.25, -0.2) is 0 Å². The summed E-state index contributed by atoms with van der Waals surface area (Å²) in [5.41, 5.74) is 0.980. The predicted molar refractivity (Wildman–Crippen MR) is 214 cm³/mol. The van der Waals surface area contributed by atoms with E-state index in [1.807, 2.05) is 6.08 Å². The van der Waals surface area contributed by atoms with Crippen LogP contribution in [0.15, 0.2) is 11.6 Å². The van der Waals surface area contributed by atoms with E-state index in [9.17, 15) is 45.6 Å². The predicted octanol–water partition coefficient (Wildman–Crippen LogP) is 1.29. The SMILES string of the molecule is CC1CCC(C(C)C2CCC3C4=CC(=O)C5CC(OC6OC(CO)C(O)C(O)C6OC6OCC(O)C(O)C6O)CCC5(C)C4CCC32C)OC1OC1OC(C)C(O)C(C)C1O. The number of ketones is 1. The topological polar surface area (TPSA) is 244 Å². The van der Waals surface area contributed by atoms with Gasteiger partial charge in [0.2, 0.25) is 0 Å². The molecule has 4 aliphatic carbocycles. The van der Waals surface area contributed by atoms with Crippen molar-refractivity contribution in [2.24, 2.45) is 52.3 Å². The number of hydrogen-bond donors (Lipinski definition) is 8. The molecular weight excluding hydrogens is 796 g/mol. The number of aliphatic hydroxyl groups is 8. The van der Waals surface area contributed by atoms with Crippen LogP contribution in [0.25, 0.3) is 0 Å². The zero-order valence-corrected chi connectivity index (χ0v) is 36.5. The van der Waals surface area contributed by atoms with Crippen LogP contribution in [0.1, 0.15) is 99.3 Å². The summed E-state index contributed by atoms with van der Waals surface area (Å²) < 4.78 is 42.7. The lowest BCUT2D eigenvalue weighted by molar-refractivity contribution is -0.363. The number of rotatable bonds is 9. The molecule has 25 unspecified atom stereocenters. The molecule has 16 heteroatoms. The van der Waals surface area contributed by atoms with Crippen LogP contribution in [-0.4, -0.2) is 158 Å². The molecule has 8 aliphatic rings. The second kappa shape index (κ2) is 17.9. The van der Waals surface area contributed by atoms with E-state index in [2.05, 4.69) is 27.7 Å². The van der Waals surface area contributed by atoms with Crippen LogP contribution in [0.4, 0.5) is 0 Å². The first-order valence-electron chi connectivity index (χ1n) is 23.0. The minimum absolute atomic E-state index is 0.0102. The Morgan fingerprint density at radius 2 is 1.43 bits per heavy atom. The Labute approximate surface area is 358 Å². The minimum Gasteiger partial charge on any atom is -0.394 e. The lowest BCUT2D eigenvalue weighted by Gasteiger charge is -2.57. The van der Waals surface area contributed by atoms with Crippen molar-refractivity contribution in [1.82, 2.24) is 0 Å². The van der Waals surface area contributed by atoms with Crippen molar-refractivity contribution in [3.8, 4) is 0 Å². The van der Waals surface area contributed by atoms with Gasteiger partial charge in [0.25, 0.3) is 0 Å². The Balaban J connectivity index is 0.934. The highest BCUT2D eigenvalue weighted by Gasteiger charge is 2.61. The van der Waals surface area contributed by atoms with Gasteiger partial charge >= 0.3 is 0 Å². The summed E-state index contributed by atoms with van der Waals surface area (Å²) in [6.45, 7) is 11.7. The summed E-state index contributed by atoms with van der Waals surface area (Å²) in [6.07, 6.45) is -7.68. The van der Waals surface area contributed by atoms with Gasteiger partial charge < -0.3 is 74.0 Å². The van der Waals surface area contributed by atoms with Crippen molar-refractivity contribution in [3.63, 3.8) is 0 Å². The molecule has 4 aliphatic heterocycles. The van der Waals surface area contributed by atoms with Crippen molar-refractivity contribution < 1.29 is 78.8 Å². The van der Waals surface area contributed by atoms with E-state index in [0.717, 1.165) is 38.5 Å². The molecule has 0 aromatic rings. The molecule has 4 saturated heterocycles. The molecule has 0 aromatic heterocycles. The molecule has 0 spiro atoms. The van der Waals surface area contributed by atoms with E-state index in [-0.39, 0.29) is 58.9 Å². The quantitative estimate of drug-likeness (QED) is 0.163. The molecule has 348 valence electrons. The van der Waals surface area contributed by atoms with E-state index < -0.39 is 105 Å². The van der Waals surface area contributed by atoms with E-state index in [1.54, 1.807) is 13.8 Å². The van der Waals surface area contributed by atoms with E-state index in [4.69, 9.17) is 33.2 Å². The number of fused-ring (bicyclic) bond motifs is 5. The maximum absolute atomic E-state index is 14.3. The smallest absolute Gasteiger partial charge is 0.187 e. The molecule has 25 atom stereocenters.